The molecule has 0 aliphatic rings. The van der Waals surface area contributed by atoms with Crippen LogP contribution in [0, 0.1) is 0 Å². The number of furan rings is 1. The number of hydrogen-bond acceptors (Lipinski definition) is 5. The van der Waals surface area contributed by atoms with Gasteiger partial charge in [-0.3, -0.25) is 4.79 Å². The number of benzene rings is 1. The molecule has 2 heterocycles. The fraction of sp³-hybridized carbons (Fsp3) is 0.0556. The Kier molecular flexibility index (Phi) is 5.45. The molecule has 1 aromatic carbocycles. The Balaban J connectivity index is 1.94. The number of thiazole rings is 1. The standard InChI is InChI=1S/C18H15N3O4S/c22-16(8-9-17(23)24)19-20-18-21(11-14-7-4-10-25-14)15(12-26-18)13-5-2-1-3-6-13/h1-10,12H,11H2,(H,19,22)(H,23,24). The van der Waals surface area contributed by atoms with Gasteiger partial charge in [-0.1, -0.05) is 30.3 Å². The minimum absolute atomic E-state index is 0.445. The van der Waals surface area contributed by atoms with E-state index in [2.05, 4.69) is 10.5 Å². The molecular formula is C18H15N3O4S. The molecule has 0 fully saturated rings. The number of nitrogens with one attached hydrogen (secondary N) is 1. The van der Waals surface area contributed by atoms with Gasteiger partial charge >= 0.3 is 5.97 Å². The minimum Gasteiger partial charge on any atom is -0.478 e. The van der Waals surface area contributed by atoms with E-state index < -0.39 is 11.9 Å². The molecule has 7 nitrogen and oxygen atoms in total. The molecule has 3 rings (SSSR count). The minimum atomic E-state index is -1.20. The van der Waals surface area contributed by atoms with Crippen LogP contribution in [-0.2, 0) is 16.1 Å². The summed E-state index contributed by atoms with van der Waals surface area (Å²) in [5, 5.41) is 14.6. The van der Waals surface area contributed by atoms with Crippen molar-refractivity contribution >= 4 is 23.2 Å². The largest absolute Gasteiger partial charge is 0.478 e. The lowest BCUT2D eigenvalue weighted by molar-refractivity contribution is -0.131. The Morgan fingerprint density at radius 1 is 1.19 bits per heavy atom. The fourth-order valence-electron chi connectivity index (χ4n) is 2.26. The van der Waals surface area contributed by atoms with Crippen LogP contribution >= 0.6 is 11.3 Å². The highest BCUT2D eigenvalue weighted by Gasteiger charge is 2.10. The van der Waals surface area contributed by atoms with Gasteiger partial charge in [-0.15, -0.1) is 16.4 Å². The average Bonchev–Trinajstić information content (AvgIpc) is 3.29. The first-order valence-electron chi connectivity index (χ1n) is 7.64. The van der Waals surface area contributed by atoms with E-state index in [1.54, 1.807) is 12.3 Å². The molecular weight excluding hydrogens is 354 g/mol. The van der Waals surface area contributed by atoms with Gasteiger partial charge in [0.15, 0.2) is 0 Å². The summed E-state index contributed by atoms with van der Waals surface area (Å²) in [4.78, 5) is 22.7. The molecule has 1 amide bonds. The smallest absolute Gasteiger partial charge is 0.328 e. The van der Waals surface area contributed by atoms with Crippen LogP contribution in [0.3, 0.4) is 0 Å². The molecule has 26 heavy (non-hydrogen) atoms. The summed E-state index contributed by atoms with van der Waals surface area (Å²) in [6, 6.07) is 13.5. The zero-order valence-corrected chi connectivity index (χ0v) is 14.3. The molecule has 2 N–H and O–H groups in total. The van der Waals surface area contributed by atoms with Gasteiger partial charge in [0.05, 0.1) is 18.5 Å². The predicted octanol–water partition coefficient (Wildman–Crippen LogP) is 2.43. The third-order valence-corrected chi connectivity index (χ3v) is 4.26. The Morgan fingerprint density at radius 2 is 2.00 bits per heavy atom. The SMILES string of the molecule is O=C(O)C=CC(=O)NN=c1scc(-c2ccccc2)n1Cc1ccco1. The highest BCUT2D eigenvalue weighted by atomic mass is 32.1. The lowest BCUT2D eigenvalue weighted by Crippen LogP contribution is -2.24. The number of amides is 1. The Bertz CT molecular complexity index is 985. The summed E-state index contributed by atoms with van der Waals surface area (Å²) in [6.07, 6.45) is 3.26. The van der Waals surface area contributed by atoms with E-state index >= 15 is 0 Å². The Hall–Kier alpha value is -3.39. The van der Waals surface area contributed by atoms with E-state index in [-0.39, 0.29) is 0 Å². The van der Waals surface area contributed by atoms with Crippen LogP contribution in [-0.4, -0.2) is 21.6 Å². The molecule has 2 aromatic heterocycles. The maximum absolute atomic E-state index is 11.6. The molecule has 8 heteroatoms. The maximum Gasteiger partial charge on any atom is 0.328 e. The molecule has 3 aromatic rings. The van der Waals surface area contributed by atoms with Gasteiger partial charge in [0.1, 0.15) is 5.76 Å². The molecule has 0 bridgehead atoms. The lowest BCUT2D eigenvalue weighted by Gasteiger charge is -2.07. The van der Waals surface area contributed by atoms with Crippen LogP contribution in [0.15, 0.2) is 75.8 Å². The Morgan fingerprint density at radius 3 is 2.69 bits per heavy atom. The number of aliphatic carboxylic acids is 1. The summed E-state index contributed by atoms with van der Waals surface area (Å²) in [5.74, 6) is -1.07. The van der Waals surface area contributed by atoms with Crippen molar-refractivity contribution in [2.45, 2.75) is 6.54 Å². The number of rotatable bonds is 6. The monoisotopic (exact) mass is 369 g/mol. The van der Waals surface area contributed by atoms with Gasteiger partial charge in [-0.05, 0) is 17.7 Å². The second-order valence-corrected chi connectivity index (χ2v) is 6.03. The number of hydrogen-bond donors (Lipinski definition) is 2. The summed E-state index contributed by atoms with van der Waals surface area (Å²) < 4.78 is 7.34. The van der Waals surface area contributed by atoms with Crippen molar-refractivity contribution in [2.75, 3.05) is 0 Å². The molecule has 0 saturated heterocycles. The molecule has 0 unspecified atom stereocenters. The van der Waals surface area contributed by atoms with Crippen LogP contribution in [0.1, 0.15) is 5.76 Å². The third kappa shape index (κ3) is 4.37. The van der Waals surface area contributed by atoms with Crippen LogP contribution in [0.25, 0.3) is 11.3 Å². The normalized spacial score (nSPS) is 11.8. The highest BCUT2D eigenvalue weighted by Crippen LogP contribution is 2.20. The van der Waals surface area contributed by atoms with Crippen molar-refractivity contribution in [2.24, 2.45) is 5.10 Å². The van der Waals surface area contributed by atoms with Crippen LogP contribution in [0.2, 0.25) is 0 Å². The quantitative estimate of drug-likeness (QED) is 0.515. The first-order valence-corrected chi connectivity index (χ1v) is 8.52. The van der Waals surface area contributed by atoms with Crippen molar-refractivity contribution in [3.05, 3.63) is 76.8 Å². The summed E-state index contributed by atoms with van der Waals surface area (Å²) in [6.45, 7) is 0.445. The van der Waals surface area contributed by atoms with E-state index in [9.17, 15) is 9.59 Å². The average molecular weight is 369 g/mol. The van der Waals surface area contributed by atoms with Gasteiger partial charge < -0.3 is 14.1 Å². The topological polar surface area (TPSA) is 96.8 Å². The highest BCUT2D eigenvalue weighted by molar-refractivity contribution is 7.07. The Labute approximate surface area is 152 Å². The second kappa shape index (κ2) is 8.13. The molecule has 0 atom stereocenters. The summed E-state index contributed by atoms with van der Waals surface area (Å²) in [7, 11) is 0. The molecule has 0 spiro atoms. The molecule has 132 valence electrons. The number of nitrogens with zero attached hydrogens (tertiary/aromatic N) is 2. The van der Waals surface area contributed by atoms with E-state index in [0.717, 1.165) is 29.2 Å². The van der Waals surface area contributed by atoms with Crippen LogP contribution < -0.4 is 10.2 Å². The lowest BCUT2D eigenvalue weighted by atomic mass is 10.2. The molecule has 0 aliphatic carbocycles. The van der Waals surface area contributed by atoms with Gasteiger partial charge in [0, 0.05) is 17.5 Å². The molecule has 0 radical (unpaired) electrons. The zero-order chi connectivity index (χ0) is 18.4. The zero-order valence-electron chi connectivity index (χ0n) is 13.5. The number of carbonyl (C=O) groups is 2. The summed E-state index contributed by atoms with van der Waals surface area (Å²) in [5.41, 5.74) is 4.27. The fourth-order valence-corrected chi connectivity index (χ4v) is 3.13. The number of aromatic nitrogens is 1. The second-order valence-electron chi connectivity index (χ2n) is 5.19. The van der Waals surface area contributed by atoms with Gasteiger partial charge in [-0.25, -0.2) is 10.2 Å². The maximum atomic E-state index is 11.6. The predicted molar refractivity (Wildman–Crippen MR) is 96.0 cm³/mol. The molecule has 0 aliphatic heterocycles. The number of carbonyl (C=O) groups excluding carboxylic acids is 1. The van der Waals surface area contributed by atoms with Crippen molar-refractivity contribution in [1.29, 1.82) is 0 Å². The van der Waals surface area contributed by atoms with Crippen molar-refractivity contribution in [1.82, 2.24) is 9.99 Å². The van der Waals surface area contributed by atoms with Crippen LogP contribution in [0.5, 0.6) is 0 Å². The van der Waals surface area contributed by atoms with Gasteiger partial charge in [-0.2, -0.15) is 0 Å². The van der Waals surface area contributed by atoms with Gasteiger partial charge in [0.25, 0.3) is 5.91 Å². The third-order valence-electron chi connectivity index (χ3n) is 3.40. The van der Waals surface area contributed by atoms with E-state index in [1.165, 1.54) is 11.3 Å². The summed E-state index contributed by atoms with van der Waals surface area (Å²) >= 11 is 1.36. The van der Waals surface area contributed by atoms with Crippen molar-refractivity contribution < 1.29 is 19.1 Å². The van der Waals surface area contributed by atoms with E-state index in [1.807, 2.05) is 46.3 Å². The van der Waals surface area contributed by atoms with Gasteiger partial charge in [0.2, 0.25) is 4.80 Å². The van der Waals surface area contributed by atoms with Crippen LogP contribution in [0.4, 0.5) is 0 Å². The van der Waals surface area contributed by atoms with Crippen molar-refractivity contribution in [3.8, 4) is 11.3 Å². The molecule has 0 saturated carbocycles. The number of carboxylic acids is 1. The first kappa shape index (κ1) is 17.4. The van der Waals surface area contributed by atoms with E-state index in [0.29, 0.717) is 11.3 Å². The first-order chi connectivity index (χ1) is 12.6. The van der Waals surface area contributed by atoms with E-state index in [4.69, 9.17) is 9.52 Å². The van der Waals surface area contributed by atoms with Crippen molar-refractivity contribution in [3.63, 3.8) is 0 Å². The number of carboxylic acid groups (broad SMARTS) is 1.